The van der Waals surface area contributed by atoms with Crippen molar-refractivity contribution in [2.45, 2.75) is 19.8 Å². The van der Waals surface area contributed by atoms with Crippen LogP contribution in [0.15, 0.2) is 5.16 Å². The highest BCUT2D eigenvalue weighted by Crippen LogP contribution is 2.16. The predicted octanol–water partition coefficient (Wildman–Crippen LogP) is 0.481. The first kappa shape index (κ1) is 12.3. The average Bonchev–Trinajstić information content (AvgIpc) is 2.28. The van der Waals surface area contributed by atoms with Gasteiger partial charge in [-0.05, 0) is 38.8 Å². The number of oxime groups is 1. The van der Waals surface area contributed by atoms with Gasteiger partial charge >= 0.3 is 0 Å². The number of ether oxygens (including phenoxy) is 1. The number of hydrogen-bond acceptors (Lipinski definition) is 4. The molecule has 0 aliphatic carbocycles. The highest BCUT2D eigenvalue weighted by atomic mass is 16.5. The maximum absolute atomic E-state index is 8.45. The average molecular weight is 215 g/mol. The molecule has 1 rings (SSSR count). The lowest BCUT2D eigenvalue weighted by Crippen LogP contribution is -2.40. The third-order valence-corrected chi connectivity index (χ3v) is 2.78. The minimum Gasteiger partial charge on any atom is -0.409 e. The monoisotopic (exact) mass is 215 g/mol. The van der Waals surface area contributed by atoms with Crippen molar-refractivity contribution >= 4 is 5.84 Å². The van der Waals surface area contributed by atoms with Crippen LogP contribution in [0, 0.1) is 5.92 Å². The Labute approximate surface area is 90.9 Å². The third-order valence-electron chi connectivity index (χ3n) is 2.78. The van der Waals surface area contributed by atoms with Crippen LogP contribution in [0.1, 0.15) is 19.8 Å². The number of rotatable bonds is 5. The quantitative estimate of drug-likeness (QED) is 0.303. The summed E-state index contributed by atoms with van der Waals surface area (Å²) in [6.07, 6.45) is 2.28. The van der Waals surface area contributed by atoms with Gasteiger partial charge < -0.3 is 15.7 Å². The lowest BCUT2D eigenvalue weighted by Gasteiger charge is -2.31. The van der Waals surface area contributed by atoms with Gasteiger partial charge in [-0.25, -0.2) is 0 Å². The van der Waals surface area contributed by atoms with E-state index in [-0.39, 0.29) is 0 Å². The highest BCUT2D eigenvalue weighted by Gasteiger charge is 2.19. The van der Waals surface area contributed by atoms with Crippen LogP contribution >= 0.6 is 0 Å². The van der Waals surface area contributed by atoms with E-state index in [4.69, 9.17) is 15.7 Å². The molecule has 88 valence electrons. The van der Waals surface area contributed by atoms with Gasteiger partial charge in [-0.15, -0.1) is 0 Å². The summed E-state index contributed by atoms with van der Waals surface area (Å²) in [5.74, 6) is 0.965. The molecular weight excluding hydrogens is 194 g/mol. The normalized spacial score (nSPS) is 20.7. The zero-order valence-corrected chi connectivity index (χ0v) is 9.35. The number of hydrogen-bond donors (Lipinski definition) is 2. The zero-order chi connectivity index (χ0) is 11.1. The third kappa shape index (κ3) is 4.48. The minimum atomic E-state index is 0.290. The first-order chi connectivity index (χ1) is 7.26. The Hall–Kier alpha value is -0.810. The van der Waals surface area contributed by atoms with Crippen LogP contribution in [-0.2, 0) is 4.74 Å². The van der Waals surface area contributed by atoms with Crippen LogP contribution in [0.4, 0.5) is 0 Å². The molecular formula is C10H21N3O2. The van der Waals surface area contributed by atoms with E-state index in [9.17, 15) is 0 Å². The maximum Gasteiger partial charge on any atom is 0.153 e. The summed E-state index contributed by atoms with van der Waals surface area (Å²) < 4.78 is 5.40. The van der Waals surface area contributed by atoms with Gasteiger partial charge in [0.2, 0.25) is 0 Å². The fourth-order valence-corrected chi connectivity index (χ4v) is 1.86. The Bertz CT molecular complexity index is 201. The first-order valence-corrected chi connectivity index (χ1v) is 5.52. The lowest BCUT2D eigenvalue weighted by molar-refractivity contribution is 0.0777. The fourth-order valence-electron chi connectivity index (χ4n) is 1.86. The Morgan fingerprint density at radius 2 is 2.20 bits per heavy atom. The van der Waals surface area contributed by atoms with E-state index in [1.807, 2.05) is 6.92 Å². The molecule has 0 saturated carbocycles. The van der Waals surface area contributed by atoms with Crippen molar-refractivity contribution in [2.75, 3.05) is 32.8 Å². The Morgan fingerprint density at radius 3 is 2.73 bits per heavy atom. The van der Waals surface area contributed by atoms with Crippen LogP contribution in [0.3, 0.4) is 0 Å². The molecule has 0 unspecified atom stereocenters. The van der Waals surface area contributed by atoms with Gasteiger partial charge in [0.05, 0.1) is 6.54 Å². The Morgan fingerprint density at radius 1 is 1.53 bits per heavy atom. The zero-order valence-electron chi connectivity index (χ0n) is 9.35. The van der Waals surface area contributed by atoms with Crippen molar-refractivity contribution in [1.82, 2.24) is 4.90 Å². The summed E-state index contributed by atoms with van der Waals surface area (Å²) in [5.41, 5.74) is 5.45. The highest BCUT2D eigenvalue weighted by molar-refractivity contribution is 5.81. The SMILES string of the molecule is CCOCC1CCN(C/C(N)=N/O)CC1. The summed E-state index contributed by atoms with van der Waals surface area (Å²) in [6, 6.07) is 0. The van der Waals surface area contributed by atoms with Crippen molar-refractivity contribution in [3.8, 4) is 0 Å². The molecule has 1 heterocycles. The maximum atomic E-state index is 8.45. The van der Waals surface area contributed by atoms with Gasteiger partial charge in [-0.2, -0.15) is 0 Å². The molecule has 0 aromatic carbocycles. The van der Waals surface area contributed by atoms with Crippen molar-refractivity contribution in [1.29, 1.82) is 0 Å². The summed E-state index contributed by atoms with van der Waals surface area (Å²) in [6.45, 7) is 6.27. The molecule has 15 heavy (non-hydrogen) atoms. The van der Waals surface area contributed by atoms with E-state index >= 15 is 0 Å². The van der Waals surface area contributed by atoms with Gasteiger partial charge in [0.25, 0.3) is 0 Å². The largest absolute Gasteiger partial charge is 0.409 e. The molecule has 0 spiro atoms. The van der Waals surface area contributed by atoms with Crippen molar-refractivity contribution in [3.63, 3.8) is 0 Å². The fraction of sp³-hybridized carbons (Fsp3) is 0.900. The van der Waals surface area contributed by atoms with Crippen molar-refractivity contribution < 1.29 is 9.94 Å². The second-order valence-electron chi connectivity index (χ2n) is 3.97. The van der Waals surface area contributed by atoms with Crippen LogP contribution in [0.25, 0.3) is 0 Å². The molecule has 0 radical (unpaired) electrons. The van der Waals surface area contributed by atoms with E-state index in [0.717, 1.165) is 39.1 Å². The molecule has 1 aliphatic rings. The summed E-state index contributed by atoms with van der Waals surface area (Å²) >= 11 is 0. The summed E-state index contributed by atoms with van der Waals surface area (Å²) in [5, 5.41) is 11.4. The smallest absolute Gasteiger partial charge is 0.153 e. The van der Waals surface area contributed by atoms with Crippen LogP contribution in [0.5, 0.6) is 0 Å². The predicted molar refractivity (Wildman–Crippen MR) is 59.1 cm³/mol. The molecule has 0 atom stereocenters. The topological polar surface area (TPSA) is 71.1 Å². The number of amidine groups is 1. The molecule has 5 heteroatoms. The van der Waals surface area contributed by atoms with E-state index < -0.39 is 0 Å². The van der Waals surface area contributed by atoms with Gasteiger partial charge in [-0.3, -0.25) is 4.90 Å². The second-order valence-corrected chi connectivity index (χ2v) is 3.97. The van der Waals surface area contributed by atoms with Gasteiger partial charge in [0, 0.05) is 13.2 Å². The molecule has 1 fully saturated rings. The van der Waals surface area contributed by atoms with Crippen LogP contribution in [-0.4, -0.2) is 48.8 Å². The van der Waals surface area contributed by atoms with Crippen LogP contribution < -0.4 is 5.73 Å². The molecule has 0 aromatic heterocycles. The molecule has 1 saturated heterocycles. The molecule has 1 aliphatic heterocycles. The Kier molecular flexibility index (Phi) is 5.42. The molecule has 5 nitrogen and oxygen atoms in total. The van der Waals surface area contributed by atoms with E-state index in [0.29, 0.717) is 18.3 Å². The second kappa shape index (κ2) is 6.63. The number of nitrogens with two attached hydrogens (primary N) is 1. The Balaban J connectivity index is 2.18. The summed E-state index contributed by atoms with van der Waals surface area (Å²) in [4.78, 5) is 2.21. The summed E-state index contributed by atoms with van der Waals surface area (Å²) in [7, 11) is 0. The van der Waals surface area contributed by atoms with Crippen LogP contribution in [0.2, 0.25) is 0 Å². The van der Waals surface area contributed by atoms with E-state index in [2.05, 4.69) is 10.1 Å². The van der Waals surface area contributed by atoms with Crippen molar-refractivity contribution in [3.05, 3.63) is 0 Å². The number of likely N-dealkylation sites (tertiary alicyclic amines) is 1. The standard InChI is InChI=1S/C10H21N3O2/c1-2-15-8-9-3-5-13(6-4-9)7-10(11)12-14/h9,14H,2-8H2,1H3,(H2,11,12). The number of nitrogens with zero attached hydrogens (tertiary/aromatic N) is 2. The van der Waals surface area contributed by atoms with E-state index in [1.165, 1.54) is 0 Å². The molecule has 0 amide bonds. The molecule has 3 N–H and O–H groups in total. The van der Waals surface area contributed by atoms with Crippen molar-refractivity contribution in [2.24, 2.45) is 16.8 Å². The number of piperidine rings is 1. The minimum absolute atomic E-state index is 0.290. The molecule has 0 bridgehead atoms. The molecule has 0 aromatic rings. The van der Waals surface area contributed by atoms with Gasteiger partial charge in [-0.1, -0.05) is 5.16 Å². The van der Waals surface area contributed by atoms with Gasteiger partial charge in [0.15, 0.2) is 5.84 Å². The first-order valence-electron chi connectivity index (χ1n) is 5.52. The lowest BCUT2D eigenvalue weighted by atomic mass is 9.98. The van der Waals surface area contributed by atoms with E-state index in [1.54, 1.807) is 0 Å². The van der Waals surface area contributed by atoms with Gasteiger partial charge in [0.1, 0.15) is 0 Å².